The predicted octanol–water partition coefficient (Wildman–Crippen LogP) is 2.83. The van der Waals surface area contributed by atoms with Crippen molar-refractivity contribution in [2.75, 3.05) is 26.7 Å². The minimum atomic E-state index is 0.290. The summed E-state index contributed by atoms with van der Waals surface area (Å²) in [4.78, 5) is 8.10. The van der Waals surface area contributed by atoms with Crippen molar-refractivity contribution in [3.63, 3.8) is 0 Å². The fourth-order valence-electron chi connectivity index (χ4n) is 3.08. The Morgan fingerprint density at radius 2 is 2.10 bits per heavy atom. The lowest BCUT2D eigenvalue weighted by Gasteiger charge is -2.45. The molecule has 0 spiro atoms. The summed E-state index contributed by atoms with van der Waals surface area (Å²) < 4.78 is 0. The van der Waals surface area contributed by atoms with E-state index in [4.69, 9.17) is 0 Å². The maximum Gasteiger partial charge on any atom is 0.0302 e. The Balaban J connectivity index is 1.59. The summed E-state index contributed by atoms with van der Waals surface area (Å²) in [5.41, 5.74) is 1.83. The SMILES string of the molecule is Cc1sc(CNC2CC2)cc1CN1CCN(C)C(C)(C)C1. The van der Waals surface area contributed by atoms with Gasteiger partial charge in [-0.3, -0.25) is 9.80 Å². The van der Waals surface area contributed by atoms with Gasteiger partial charge in [-0.15, -0.1) is 11.3 Å². The third-order valence-electron chi connectivity index (χ3n) is 5.00. The summed E-state index contributed by atoms with van der Waals surface area (Å²) in [6.07, 6.45) is 2.74. The molecule has 0 unspecified atom stereocenters. The van der Waals surface area contributed by atoms with E-state index >= 15 is 0 Å². The first-order chi connectivity index (χ1) is 9.94. The molecule has 0 bridgehead atoms. The van der Waals surface area contributed by atoms with Gasteiger partial charge in [0.15, 0.2) is 0 Å². The van der Waals surface area contributed by atoms with E-state index in [-0.39, 0.29) is 0 Å². The van der Waals surface area contributed by atoms with Crippen LogP contribution in [-0.4, -0.2) is 48.1 Å². The van der Waals surface area contributed by atoms with E-state index in [1.165, 1.54) is 41.2 Å². The minimum absolute atomic E-state index is 0.290. The van der Waals surface area contributed by atoms with Gasteiger partial charge in [-0.05, 0) is 52.3 Å². The van der Waals surface area contributed by atoms with Crippen LogP contribution in [0.15, 0.2) is 6.07 Å². The van der Waals surface area contributed by atoms with E-state index < -0.39 is 0 Å². The molecule has 0 atom stereocenters. The van der Waals surface area contributed by atoms with Gasteiger partial charge in [-0.25, -0.2) is 0 Å². The number of thiophene rings is 1. The minimum Gasteiger partial charge on any atom is -0.309 e. The highest BCUT2D eigenvalue weighted by atomic mass is 32.1. The van der Waals surface area contributed by atoms with Crippen molar-refractivity contribution in [2.24, 2.45) is 0 Å². The van der Waals surface area contributed by atoms with Crippen molar-refractivity contribution >= 4 is 11.3 Å². The van der Waals surface area contributed by atoms with Crippen LogP contribution in [0, 0.1) is 6.92 Å². The van der Waals surface area contributed by atoms with Crippen LogP contribution in [0.2, 0.25) is 0 Å². The van der Waals surface area contributed by atoms with Crippen LogP contribution in [0.25, 0.3) is 0 Å². The summed E-state index contributed by atoms with van der Waals surface area (Å²) in [7, 11) is 2.24. The van der Waals surface area contributed by atoms with Gasteiger partial charge in [-0.2, -0.15) is 0 Å². The highest BCUT2D eigenvalue weighted by Gasteiger charge is 2.31. The number of piperazine rings is 1. The van der Waals surface area contributed by atoms with E-state index in [1.807, 2.05) is 11.3 Å². The zero-order chi connectivity index (χ0) is 15.0. The molecule has 4 heteroatoms. The number of rotatable bonds is 5. The largest absolute Gasteiger partial charge is 0.309 e. The molecule has 0 radical (unpaired) electrons. The van der Waals surface area contributed by atoms with Gasteiger partial charge < -0.3 is 5.32 Å². The lowest BCUT2D eigenvalue weighted by atomic mass is 9.99. The van der Waals surface area contributed by atoms with Gasteiger partial charge in [0.1, 0.15) is 0 Å². The van der Waals surface area contributed by atoms with Crippen molar-refractivity contribution in [1.82, 2.24) is 15.1 Å². The van der Waals surface area contributed by atoms with E-state index in [0.717, 1.165) is 25.7 Å². The molecule has 1 N–H and O–H groups in total. The molecule has 2 heterocycles. The molecule has 1 aromatic heterocycles. The Morgan fingerprint density at radius 1 is 1.33 bits per heavy atom. The second kappa shape index (κ2) is 5.99. The number of nitrogens with one attached hydrogen (secondary N) is 1. The molecule has 1 aliphatic carbocycles. The van der Waals surface area contributed by atoms with Gasteiger partial charge in [-0.1, -0.05) is 0 Å². The van der Waals surface area contributed by atoms with Gasteiger partial charge in [0.05, 0.1) is 0 Å². The van der Waals surface area contributed by atoms with Gasteiger partial charge in [0.25, 0.3) is 0 Å². The van der Waals surface area contributed by atoms with Crippen LogP contribution in [0.4, 0.5) is 0 Å². The van der Waals surface area contributed by atoms with Crippen molar-refractivity contribution < 1.29 is 0 Å². The Morgan fingerprint density at radius 3 is 2.76 bits per heavy atom. The topological polar surface area (TPSA) is 18.5 Å². The third-order valence-corrected chi connectivity index (χ3v) is 6.10. The smallest absolute Gasteiger partial charge is 0.0302 e. The molecule has 2 fully saturated rings. The standard InChI is InChI=1S/C17H29N3S/c1-13-14(9-16(21-13)10-18-15-5-6-15)11-20-8-7-19(4)17(2,3)12-20/h9,15,18H,5-8,10-12H2,1-4H3. The quantitative estimate of drug-likeness (QED) is 0.902. The van der Waals surface area contributed by atoms with Crippen LogP contribution < -0.4 is 5.32 Å². The highest BCUT2D eigenvalue weighted by Crippen LogP contribution is 2.27. The molecule has 21 heavy (non-hydrogen) atoms. The zero-order valence-electron chi connectivity index (χ0n) is 13.9. The molecule has 2 aliphatic rings. The van der Waals surface area contributed by atoms with Gasteiger partial charge >= 0.3 is 0 Å². The Bertz CT molecular complexity index is 490. The molecule has 1 saturated carbocycles. The van der Waals surface area contributed by atoms with Crippen molar-refractivity contribution in [3.8, 4) is 0 Å². The molecule has 0 amide bonds. The average Bonchev–Trinajstić information content (AvgIpc) is 3.17. The van der Waals surface area contributed by atoms with Crippen molar-refractivity contribution in [3.05, 3.63) is 21.4 Å². The first kappa shape index (κ1) is 15.5. The normalized spacial score (nSPS) is 23.6. The van der Waals surface area contributed by atoms with E-state index in [2.05, 4.69) is 49.0 Å². The maximum atomic E-state index is 3.63. The van der Waals surface area contributed by atoms with E-state index in [9.17, 15) is 0 Å². The predicted molar refractivity (Wildman–Crippen MR) is 90.9 cm³/mol. The van der Waals surface area contributed by atoms with Crippen LogP contribution in [0.1, 0.15) is 42.0 Å². The first-order valence-corrected chi connectivity index (χ1v) is 9.01. The number of aryl methyl sites for hydroxylation is 1. The molecule has 1 aliphatic heterocycles. The molecule has 1 saturated heterocycles. The number of hydrogen-bond acceptors (Lipinski definition) is 4. The molecule has 3 rings (SSSR count). The molecular weight excluding hydrogens is 278 g/mol. The number of hydrogen-bond donors (Lipinski definition) is 1. The van der Waals surface area contributed by atoms with Crippen LogP contribution in [-0.2, 0) is 13.1 Å². The fraction of sp³-hybridized carbons (Fsp3) is 0.765. The first-order valence-electron chi connectivity index (χ1n) is 8.19. The Labute approximate surface area is 133 Å². The third kappa shape index (κ3) is 3.86. The lowest BCUT2D eigenvalue weighted by Crippen LogP contribution is -2.57. The van der Waals surface area contributed by atoms with Gasteiger partial charge in [0, 0.05) is 54.1 Å². The fourth-order valence-corrected chi connectivity index (χ4v) is 4.09. The van der Waals surface area contributed by atoms with Crippen molar-refractivity contribution in [1.29, 1.82) is 0 Å². The second-order valence-electron chi connectivity index (χ2n) is 7.39. The average molecular weight is 308 g/mol. The van der Waals surface area contributed by atoms with E-state index in [0.29, 0.717) is 5.54 Å². The van der Waals surface area contributed by atoms with E-state index in [1.54, 1.807) is 0 Å². The van der Waals surface area contributed by atoms with Crippen LogP contribution in [0.5, 0.6) is 0 Å². The Hall–Kier alpha value is -0.420. The maximum absolute atomic E-state index is 3.63. The zero-order valence-corrected chi connectivity index (χ0v) is 14.7. The van der Waals surface area contributed by atoms with Crippen molar-refractivity contribution in [2.45, 2.75) is 58.3 Å². The highest BCUT2D eigenvalue weighted by molar-refractivity contribution is 7.12. The molecule has 3 nitrogen and oxygen atoms in total. The summed E-state index contributed by atoms with van der Waals surface area (Å²) in [5.74, 6) is 0. The second-order valence-corrected chi connectivity index (χ2v) is 8.73. The summed E-state index contributed by atoms with van der Waals surface area (Å²) in [6.45, 7) is 12.7. The van der Waals surface area contributed by atoms with Crippen LogP contribution >= 0.6 is 11.3 Å². The summed E-state index contributed by atoms with van der Waals surface area (Å²) in [6, 6.07) is 3.23. The molecular formula is C17H29N3S. The molecule has 118 valence electrons. The number of nitrogens with zero attached hydrogens (tertiary/aromatic N) is 2. The summed E-state index contributed by atoms with van der Waals surface area (Å²) in [5, 5.41) is 3.63. The van der Waals surface area contributed by atoms with Gasteiger partial charge in [0.2, 0.25) is 0 Å². The lowest BCUT2D eigenvalue weighted by molar-refractivity contribution is 0.0360. The number of likely N-dealkylation sites (N-methyl/N-ethyl adjacent to an activating group) is 1. The summed E-state index contributed by atoms with van der Waals surface area (Å²) >= 11 is 1.97. The molecule has 0 aromatic carbocycles. The monoisotopic (exact) mass is 307 g/mol. The Kier molecular flexibility index (Phi) is 4.42. The van der Waals surface area contributed by atoms with Crippen LogP contribution in [0.3, 0.4) is 0 Å². The molecule has 1 aromatic rings.